The average molecular weight is 273 g/mol. The Kier molecular flexibility index (Phi) is 6.49. The van der Waals surface area contributed by atoms with Gasteiger partial charge in [0.25, 0.3) is 0 Å². The summed E-state index contributed by atoms with van der Waals surface area (Å²) >= 11 is 0. The first-order valence-corrected chi connectivity index (χ1v) is 7.30. The van der Waals surface area contributed by atoms with Crippen molar-refractivity contribution >= 4 is 20.0 Å². The summed E-state index contributed by atoms with van der Waals surface area (Å²) in [6.07, 6.45) is 2.80. The molecule has 0 radical (unpaired) electrons. The Bertz CT molecular complexity index is 474. The van der Waals surface area contributed by atoms with E-state index in [9.17, 15) is 9.59 Å². The number of hydrogen-bond donors (Lipinski definition) is 1. The van der Waals surface area contributed by atoms with Crippen molar-refractivity contribution in [3.8, 4) is 0 Å². The van der Waals surface area contributed by atoms with Gasteiger partial charge in [-0.1, -0.05) is 32.3 Å². The lowest BCUT2D eigenvalue weighted by molar-refractivity contribution is -0.119. The topological polar surface area (TPSA) is 46.2 Å². The molecule has 0 spiro atoms. The number of benzene rings is 1. The molecule has 1 N–H and O–H groups in total. The van der Waals surface area contributed by atoms with Crippen LogP contribution in [0.25, 0.3) is 0 Å². The molecule has 4 heteroatoms. The Morgan fingerprint density at radius 3 is 2.65 bits per heavy atom. The number of aldehydes is 1. The summed E-state index contributed by atoms with van der Waals surface area (Å²) in [6.45, 7) is 6.40. The van der Waals surface area contributed by atoms with Crippen LogP contribution in [-0.2, 0) is 11.2 Å². The molecule has 1 aromatic rings. The maximum Gasteiger partial charge on any atom is 0.216 e. The predicted molar refractivity (Wildman–Crippen MR) is 85.1 cm³/mol. The lowest BCUT2D eigenvalue weighted by Gasteiger charge is -2.15. The lowest BCUT2D eigenvalue weighted by atomic mass is 9.85. The number of nitrogens with one attached hydrogen (secondary N) is 1. The summed E-state index contributed by atoms with van der Waals surface area (Å²) in [5.41, 5.74) is 3.05. The van der Waals surface area contributed by atoms with E-state index in [2.05, 4.69) is 39.1 Å². The Morgan fingerprint density at radius 2 is 2.10 bits per heavy atom. The normalized spacial score (nSPS) is 13.6. The van der Waals surface area contributed by atoms with Crippen LogP contribution in [0.2, 0.25) is 6.32 Å². The molecule has 0 aliphatic rings. The minimum atomic E-state index is -0.0143. The fraction of sp³-hybridized carbons (Fsp3) is 0.500. The van der Waals surface area contributed by atoms with Crippen molar-refractivity contribution in [2.24, 2.45) is 5.92 Å². The summed E-state index contributed by atoms with van der Waals surface area (Å²) in [7, 11) is 2.15. The van der Waals surface area contributed by atoms with Gasteiger partial charge in [-0.3, -0.25) is 9.59 Å². The van der Waals surface area contributed by atoms with Gasteiger partial charge in [0.05, 0.1) is 0 Å². The highest BCUT2D eigenvalue weighted by Crippen LogP contribution is 2.22. The van der Waals surface area contributed by atoms with E-state index >= 15 is 0 Å². The van der Waals surface area contributed by atoms with Gasteiger partial charge in [-0.15, -0.1) is 0 Å². The molecule has 0 aliphatic carbocycles. The average Bonchev–Trinajstić information content (AvgIpc) is 2.44. The molecule has 0 bridgehead atoms. The van der Waals surface area contributed by atoms with Gasteiger partial charge in [0, 0.05) is 19.0 Å². The fourth-order valence-electron chi connectivity index (χ4n) is 2.22. The maximum absolute atomic E-state index is 11.3. The molecule has 1 unspecified atom stereocenters. The van der Waals surface area contributed by atoms with Gasteiger partial charge in [0.1, 0.15) is 14.1 Å². The molecule has 0 fully saturated rings. The number of hydrogen-bond acceptors (Lipinski definition) is 2. The molecule has 108 valence electrons. The van der Waals surface area contributed by atoms with E-state index in [0.29, 0.717) is 18.4 Å². The lowest BCUT2D eigenvalue weighted by Crippen LogP contribution is -2.26. The maximum atomic E-state index is 11.3. The van der Waals surface area contributed by atoms with Crippen LogP contribution in [0.5, 0.6) is 0 Å². The highest BCUT2D eigenvalue weighted by molar-refractivity contribution is 6.09. The van der Waals surface area contributed by atoms with Crippen molar-refractivity contribution in [3.63, 3.8) is 0 Å². The molecular weight excluding hydrogens is 249 g/mol. The fourth-order valence-corrected chi connectivity index (χ4v) is 2.22. The first-order valence-electron chi connectivity index (χ1n) is 7.30. The second kappa shape index (κ2) is 7.88. The molecule has 1 amide bonds. The van der Waals surface area contributed by atoms with Crippen LogP contribution in [0, 0.1) is 5.92 Å². The van der Waals surface area contributed by atoms with Crippen LogP contribution < -0.4 is 5.32 Å². The van der Waals surface area contributed by atoms with E-state index < -0.39 is 0 Å². The van der Waals surface area contributed by atoms with Gasteiger partial charge < -0.3 is 5.32 Å². The van der Waals surface area contributed by atoms with Gasteiger partial charge >= 0.3 is 0 Å². The molecule has 20 heavy (non-hydrogen) atoms. The molecular formula is C16H24BNO2. The van der Waals surface area contributed by atoms with Crippen LogP contribution in [0.15, 0.2) is 18.2 Å². The van der Waals surface area contributed by atoms with E-state index in [1.807, 2.05) is 6.07 Å². The van der Waals surface area contributed by atoms with Gasteiger partial charge in [-0.2, -0.15) is 0 Å². The zero-order chi connectivity index (χ0) is 15.1. The van der Waals surface area contributed by atoms with E-state index in [4.69, 9.17) is 0 Å². The number of carbonyl (C=O) groups excluding carboxylic acids is 2. The molecule has 0 aromatic heterocycles. The second-order valence-corrected chi connectivity index (χ2v) is 5.63. The van der Waals surface area contributed by atoms with Gasteiger partial charge in [0.15, 0.2) is 0 Å². The van der Waals surface area contributed by atoms with Crippen molar-refractivity contribution in [1.29, 1.82) is 0 Å². The minimum absolute atomic E-state index is 0.0143. The SMILES string of the molecule is BC[C@H](C)c1ccc(CC(C)CNC(C)=O)c(C=O)c1. The van der Waals surface area contributed by atoms with Gasteiger partial charge in [-0.25, -0.2) is 0 Å². The number of amides is 1. The molecule has 0 saturated heterocycles. The van der Waals surface area contributed by atoms with Crippen LogP contribution in [0.4, 0.5) is 0 Å². The van der Waals surface area contributed by atoms with Crippen molar-refractivity contribution in [2.45, 2.75) is 39.4 Å². The molecule has 1 aromatic carbocycles. The summed E-state index contributed by atoms with van der Waals surface area (Å²) in [5.74, 6) is 0.770. The standard InChI is InChI=1S/C16H24BNO2/c1-11(9-18-13(3)20)6-15-5-4-14(12(2)8-17)7-16(15)10-19/h4-5,7,10-12H,6,8-9,17H2,1-3H3,(H,18,20)/t11?,12-/m0/s1. The quantitative estimate of drug-likeness (QED) is 0.610. The Morgan fingerprint density at radius 1 is 1.40 bits per heavy atom. The molecule has 1 rings (SSSR count). The summed E-state index contributed by atoms with van der Waals surface area (Å²) in [4.78, 5) is 22.2. The Labute approximate surface area is 122 Å². The zero-order valence-corrected chi connectivity index (χ0v) is 12.9. The zero-order valence-electron chi connectivity index (χ0n) is 12.9. The highest BCUT2D eigenvalue weighted by atomic mass is 16.1. The third kappa shape index (κ3) is 4.84. The summed E-state index contributed by atoms with van der Waals surface area (Å²) < 4.78 is 0. The van der Waals surface area contributed by atoms with E-state index in [1.54, 1.807) is 0 Å². The smallest absolute Gasteiger partial charge is 0.216 e. The van der Waals surface area contributed by atoms with E-state index in [-0.39, 0.29) is 5.91 Å². The molecule has 0 heterocycles. The van der Waals surface area contributed by atoms with Crippen LogP contribution in [-0.4, -0.2) is 26.6 Å². The van der Waals surface area contributed by atoms with Crippen LogP contribution in [0.3, 0.4) is 0 Å². The third-order valence-electron chi connectivity index (χ3n) is 3.75. The molecule has 0 saturated carbocycles. The second-order valence-electron chi connectivity index (χ2n) is 5.63. The van der Waals surface area contributed by atoms with Crippen LogP contribution in [0.1, 0.15) is 48.2 Å². The Balaban J connectivity index is 2.79. The minimum Gasteiger partial charge on any atom is -0.356 e. The largest absolute Gasteiger partial charge is 0.356 e. The van der Waals surface area contributed by atoms with Gasteiger partial charge in [-0.05, 0) is 35.4 Å². The highest BCUT2D eigenvalue weighted by Gasteiger charge is 2.11. The number of rotatable bonds is 7. The molecule has 0 aliphatic heterocycles. The molecule has 3 nitrogen and oxygen atoms in total. The van der Waals surface area contributed by atoms with E-state index in [1.165, 1.54) is 12.5 Å². The van der Waals surface area contributed by atoms with Crippen LogP contribution >= 0.6 is 0 Å². The van der Waals surface area contributed by atoms with E-state index in [0.717, 1.165) is 30.2 Å². The predicted octanol–water partition coefficient (Wildman–Crippen LogP) is 1.97. The van der Waals surface area contributed by atoms with Crippen molar-refractivity contribution in [1.82, 2.24) is 5.32 Å². The first-order chi connectivity index (χ1) is 9.47. The third-order valence-corrected chi connectivity index (χ3v) is 3.75. The summed E-state index contributed by atoms with van der Waals surface area (Å²) in [6, 6.07) is 6.17. The van der Waals surface area contributed by atoms with Gasteiger partial charge in [0.2, 0.25) is 5.91 Å². The molecule has 2 atom stereocenters. The number of carbonyl (C=O) groups is 2. The Hall–Kier alpha value is -1.58. The first kappa shape index (κ1) is 16.5. The summed E-state index contributed by atoms with van der Waals surface area (Å²) in [5, 5.41) is 2.81. The monoisotopic (exact) mass is 273 g/mol. The van der Waals surface area contributed by atoms with Crippen molar-refractivity contribution < 1.29 is 9.59 Å². The van der Waals surface area contributed by atoms with Crippen molar-refractivity contribution in [3.05, 3.63) is 34.9 Å². The van der Waals surface area contributed by atoms with Crippen molar-refractivity contribution in [2.75, 3.05) is 6.54 Å².